The molecule has 2 atom stereocenters. The third-order valence-electron chi connectivity index (χ3n) is 3.24. The van der Waals surface area contributed by atoms with Crippen molar-refractivity contribution in [3.05, 3.63) is 66.2 Å². The summed E-state index contributed by atoms with van der Waals surface area (Å²) in [5.74, 6) is 1.00. The number of benzene rings is 2. The van der Waals surface area contributed by atoms with E-state index in [9.17, 15) is 0 Å². The largest absolute Gasteiger partial charge is 0.374 e. The smallest absolute Gasteiger partial charge is 0.108 e. The summed E-state index contributed by atoms with van der Waals surface area (Å²) in [6.45, 7) is 1.36. The number of epoxide rings is 1. The summed E-state index contributed by atoms with van der Waals surface area (Å²) in [5.41, 5.74) is 1.21. The van der Waals surface area contributed by atoms with Gasteiger partial charge in [-0.15, -0.1) is 11.8 Å². The van der Waals surface area contributed by atoms with E-state index in [2.05, 4.69) is 36.4 Å². The van der Waals surface area contributed by atoms with Crippen molar-refractivity contribution in [2.24, 2.45) is 0 Å². The lowest BCUT2D eigenvalue weighted by atomic mass is 10.2. The minimum Gasteiger partial charge on any atom is -0.374 e. The summed E-state index contributed by atoms with van der Waals surface area (Å²) in [6.07, 6.45) is 0.617. The Hall–Kier alpha value is -1.29. The summed E-state index contributed by atoms with van der Waals surface area (Å²) in [4.78, 5) is 1.30. The highest BCUT2D eigenvalue weighted by Crippen LogP contribution is 2.29. The van der Waals surface area contributed by atoms with Gasteiger partial charge in [0.25, 0.3) is 0 Å². The Morgan fingerprint density at radius 2 is 1.60 bits per heavy atom. The molecule has 1 heterocycles. The third kappa shape index (κ3) is 4.10. The minimum atomic E-state index is 0.273. The second kappa shape index (κ2) is 6.93. The van der Waals surface area contributed by atoms with E-state index in [0.717, 1.165) is 5.75 Å². The van der Waals surface area contributed by atoms with Crippen LogP contribution in [0.3, 0.4) is 0 Å². The fourth-order valence-electron chi connectivity index (χ4n) is 2.03. The van der Waals surface area contributed by atoms with Gasteiger partial charge in [0.05, 0.1) is 19.3 Å². The highest BCUT2D eigenvalue weighted by Gasteiger charge is 2.38. The van der Waals surface area contributed by atoms with Gasteiger partial charge in [0.1, 0.15) is 6.10 Å². The SMILES string of the molecule is c1ccc(COC[C@@H]2O[C@H]2CSc2ccccc2)cc1. The molecule has 2 nitrogen and oxygen atoms in total. The quantitative estimate of drug-likeness (QED) is 0.571. The molecule has 2 aromatic carbocycles. The number of ether oxygens (including phenoxy) is 2. The van der Waals surface area contributed by atoms with Crippen LogP contribution < -0.4 is 0 Å². The van der Waals surface area contributed by atoms with Crippen molar-refractivity contribution in [2.45, 2.75) is 23.7 Å². The van der Waals surface area contributed by atoms with E-state index in [1.165, 1.54) is 10.5 Å². The van der Waals surface area contributed by atoms with E-state index >= 15 is 0 Å². The van der Waals surface area contributed by atoms with Gasteiger partial charge in [-0.3, -0.25) is 0 Å². The van der Waals surface area contributed by atoms with E-state index < -0.39 is 0 Å². The van der Waals surface area contributed by atoms with E-state index in [4.69, 9.17) is 9.47 Å². The van der Waals surface area contributed by atoms with Gasteiger partial charge in [0.15, 0.2) is 0 Å². The number of thioether (sulfide) groups is 1. The molecule has 0 unspecified atom stereocenters. The molecule has 1 aliphatic heterocycles. The number of hydrogen-bond acceptors (Lipinski definition) is 3. The average molecular weight is 286 g/mol. The Labute approximate surface area is 124 Å². The first-order chi connectivity index (χ1) is 9.92. The Morgan fingerprint density at radius 1 is 0.900 bits per heavy atom. The van der Waals surface area contributed by atoms with Gasteiger partial charge < -0.3 is 9.47 Å². The minimum absolute atomic E-state index is 0.273. The van der Waals surface area contributed by atoms with E-state index in [-0.39, 0.29) is 6.10 Å². The lowest BCUT2D eigenvalue weighted by Crippen LogP contribution is -2.06. The summed E-state index contributed by atoms with van der Waals surface area (Å²) < 4.78 is 11.3. The van der Waals surface area contributed by atoms with Crippen LogP contribution in [-0.2, 0) is 16.1 Å². The van der Waals surface area contributed by atoms with Crippen LogP contribution in [0, 0.1) is 0 Å². The van der Waals surface area contributed by atoms with Gasteiger partial charge in [0.2, 0.25) is 0 Å². The van der Waals surface area contributed by atoms with Gasteiger partial charge in [0, 0.05) is 10.6 Å². The van der Waals surface area contributed by atoms with Crippen LogP contribution in [0.4, 0.5) is 0 Å². The molecule has 2 aromatic rings. The molecule has 0 N–H and O–H groups in total. The van der Waals surface area contributed by atoms with Gasteiger partial charge in [-0.25, -0.2) is 0 Å². The maximum atomic E-state index is 5.69. The number of hydrogen-bond donors (Lipinski definition) is 0. The van der Waals surface area contributed by atoms with Crippen molar-refractivity contribution in [1.29, 1.82) is 0 Å². The van der Waals surface area contributed by atoms with Crippen LogP contribution in [0.5, 0.6) is 0 Å². The van der Waals surface area contributed by atoms with Crippen molar-refractivity contribution in [3.63, 3.8) is 0 Å². The summed E-state index contributed by atoms with van der Waals surface area (Å²) in [7, 11) is 0. The molecule has 1 aliphatic rings. The van der Waals surface area contributed by atoms with E-state index in [1.807, 2.05) is 36.0 Å². The monoisotopic (exact) mass is 286 g/mol. The summed E-state index contributed by atoms with van der Waals surface area (Å²) in [6, 6.07) is 20.7. The molecule has 0 aliphatic carbocycles. The Balaban J connectivity index is 1.32. The zero-order valence-corrected chi connectivity index (χ0v) is 12.1. The standard InChI is InChI=1S/C17H18O2S/c1-3-7-14(8-4-1)11-18-12-16-17(19-16)13-20-15-9-5-2-6-10-15/h1-10,16-17H,11-13H2/t16-,17-/m0/s1. The van der Waals surface area contributed by atoms with Crippen molar-refractivity contribution in [3.8, 4) is 0 Å². The first-order valence-corrected chi connectivity index (χ1v) is 7.85. The molecule has 0 bridgehead atoms. The Kier molecular flexibility index (Phi) is 4.74. The molecule has 0 amide bonds. The van der Waals surface area contributed by atoms with Crippen LogP contribution in [0.25, 0.3) is 0 Å². The van der Waals surface area contributed by atoms with Crippen molar-refractivity contribution < 1.29 is 9.47 Å². The molecule has 0 aromatic heterocycles. The maximum Gasteiger partial charge on any atom is 0.108 e. The van der Waals surface area contributed by atoms with E-state index in [0.29, 0.717) is 19.3 Å². The predicted octanol–water partition coefficient (Wildman–Crippen LogP) is 3.76. The van der Waals surface area contributed by atoms with Crippen LogP contribution in [0.15, 0.2) is 65.6 Å². The molecular weight excluding hydrogens is 268 g/mol. The van der Waals surface area contributed by atoms with Gasteiger partial charge in [-0.2, -0.15) is 0 Å². The van der Waals surface area contributed by atoms with Crippen molar-refractivity contribution >= 4 is 11.8 Å². The fourth-order valence-corrected chi connectivity index (χ4v) is 3.03. The lowest BCUT2D eigenvalue weighted by molar-refractivity contribution is 0.104. The summed E-state index contributed by atoms with van der Waals surface area (Å²) >= 11 is 1.84. The van der Waals surface area contributed by atoms with Crippen LogP contribution in [-0.4, -0.2) is 24.6 Å². The Bertz CT molecular complexity index is 515. The zero-order valence-electron chi connectivity index (χ0n) is 11.3. The number of rotatable bonds is 7. The molecule has 20 heavy (non-hydrogen) atoms. The highest BCUT2D eigenvalue weighted by molar-refractivity contribution is 7.99. The zero-order chi connectivity index (χ0) is 13.6. The molecule has 0 spiro atoms. The molecule has 3 heteroatoms. The molecule has 1 fully saturated rings. The maximum absolute atomic E-state index is 5.69. The molecule has 104 valence electrons. The topological polar surface area (TPSA) is 21.8 Å². The normalized spacial score (nSPS) is 20.8. The lowest BCUT2D eigenvalue weighted by Gasteiger charge is -2.02. The van der Waals surface area contributed by atoms with Crippen LogP contribution in [0.1, 0.15) is 5.56 Å². The average Bonchev–Trinajstić information content (AvgIpc) is 3.26. The molecule has 0 radical (unpaired) electrons. The van der Waals surface area contributed by atoms with Crippen LogP contribution >= 0.6 is 11.8 Å². The van der Waals surface area contributed by atoms with Crippen LogP contribution in [0.2, 0.25) is 0 Å². The van der Waals surface area contributed by atoms with Crippen molar-refractivity contribution in [2.75, 3.05) is 12.4 Å². The first-order valence-electron chi connectivity index (χ1n) is 6.87. The van der Waals surface area contributed by atoms with E-state index in [1.54, 1.807) is 0 Å². The van der Waals surface area contributed by atoms with Gasteiger partial charge >= 0.3 is 0 Å². The summed E-state index contributed by atoms with van der Waals surface area (Å²) in [5, 5.41) is 0. The highest BCUT2D eigenvalue weighted by atomic mass is 32.2. The van der Waals surface area contributed by atoms with Gasteiger partial charge in [-0.1, -0.05) is 48.5 Å². The second-order valence-corrected chi connectivity index (χ2v) is 5.93. The third-order valence-corrected chi connectivity index (χ3v) is 4.34. The molecule has 1 saturated heterocycles. The molecule has 0 saturated carbocycles. The second-order valence-electron chi connectivity index (χ2n) is 4.84. The fraction of sp³-hybridized carbons (Fsp3) is 0.294. The molecular formula is C17H18O2S. The molecule has 3 rings (SSSR count). The first kappa shape index (κ1) is 13.7. The predicted molar refractivity (Wildman–Crippen MR) is 81.9 cm³/mol. The van der Waals surface area contributed by atoms with Gasteiger partial charge in [-0.05, 0) is 17.7 Å². The Morgan fingerprint density at radius 3 is 2.35 bits per heavy atom. The van der Waals surface area contributed by atoms with Crippen molar-refractivity contribution in [1.82, 2.24) is 0 Å².